The van der Waals surface area contributed by atoms with E-state index in [1.165, 1.54) is 0 Å². The number of aliphatic hydroxyl groups excluding tert-OH is 2. The molecule has 0 radical (unpaired) electrons. The van der Waals surface area contributed by atoms with Gasteiger partial charge in [0.25, 0.3) is 0 Å². The van der Waals surface area contributed by atoms with E-state index in [-0.39, 0.29) is 0 Å². The first-order chi connectivity index (χ1) is 21.0. The number of benzene rings is 5. The van der Waals surface area contributed by atoms with E-state index in [1.807, 2.05) is 98.8 Å². The summed E-state index contributed by atoms with van der Waals surface area (Å²) in [6.07, 6.45) is 1.51. The minimum atomic E-state index is -0.836. The van der Waals surface area contributed by atoms with Gasteiger partial charge in [0.05, 0.1) is 0 Å². The number of hydrogen-bond acceptors (Lipinski definition) is 5. The number of anilines is 3. The SMILES string of the molecule is CCC(O)Oc1ccc(C(=Cc2ccc(N(c3ccccc3)c3ccccc3)cc2)c2ccc(OC(O)CC)cc2)cc1. The second-order valence-corrected chi connectivity index (χ2v) is 10.2. The molecule has 2 N–H and O–H groups in total. The molecule has 0 aliphatic heterocycles. The van der Waals surface area contributed by atoms with Crippen molar-refractivity contribution >= 4 is 28.7 Å². The molecule has 2 unspecified atom stereocenters. The van der Waals surface area contributed by atoms with E-state index in [2.05, 4.69) is 59.5 Å². The molecule has 5 rings (SSSR count). The summed E-state index contributed by atoms with van der Waals surface area (Å²) in [5.41, 5.74) is 7.29. The van der Waals surface area contributed by atoms with E-state index in [9.17, 15) is 10.2 Å². The highest BCUT2D eigenvalue weighted by Gasteiger charge is 2.13. The molecule has 0 saturated heterocycles. The Morgan fingerprint density at radius 3 is 1.35 bits per heavy atom. The van der Waals surface area contributed by atoms with Crippen molar-refractivity contribution in [3.05, 3.63) is 150 Å². The minimum absolute atomic E-state index is 0.510. The van der Waals surface area contributed by atoms with Gasteiger partial charge in [0.2, 0.25) is 0 Å². The summed E-state index contributed by atoms with van der Waals surface area (Å²) in [6, 6.07) is 44.7. The van der Waals surface area contributed by atoms with Crippen molar-refractivity contribution in [1.82, 2.24) is 0 Å². The molecule has 0 amide bonds. The van der Waals surface area contributed by atoms with Crippen LogP contribution in [-0.4, -0.2) is 22.8 Å². The van der Waals surface area contributed by atoms with Crippen LogP contribution in [0.4, 0.5) is 17.1 Å². The fraction of sp³-hybridized carbons (Fsp3) is 0.158. The number of nitrogens with zero attached hydrogens (tertiary/aromatic N) is 1. The van der Waals surface area contributed by atoms with Crippen molar-refractivity contribution in [3.63, 3.8) is 0 Å². The third kappa shape index (κ3) is 7.72. The normalized spacial score (nSPS) is 12.2. The van der Waals surface area contributed by atoms with Crippen molar-refractivity contribution in [2.24, 2.45) is 0 Å². The molecule has 0 saturated carbocycles. The molecular formula is C38H37NO4. The fourth-order valence-electron chi connectivity index (χ4n) is 4.73. The van der Waals surface area contributed by atoms with Crippen molar-refractivity contribution in [1.29, 1.82) is 0 Å². The van der Waals surface area contributed by atoms with Crippen LogP contribution in [0.25, 0.3) is 11.6 Å². The molecule has 2 atom stereocenters. The Morgan fingerprint density at radius 2 is 0.953 bits per heavy atom. The van der Waals surface area contributed by atoms with Crippen molar-refractivity contribution < 1.29 is 19.7 Å². The standard InChI is InChI=1S/C38H37NO4/c1-3-37(40)42-34-23-17-29(18-24-34)36(30-19-25-35(26-20-30)43-38(41)4-2)27-28-15-21-33(22-16-28)39(31-11-7-5-8-12-31)32-13-9-6-10-14-32/h5-27,37-38,40-41H,3-4H2,1-2H3. The molecule has 43 heavy (non-hydrogen) atoms. The molecule has 0 heterocycles. The van der Waals surface area contributed by atoms with E-state index in [0.29, 0.717) is 24.3 Å². The molecule has 0 fully saturated rings. The highest BCUT2D eigenvalue weighted by molar-refractivity contribution is 5.92. The van der Waals surface area contributed by atoms with E-state index >= 15 is 0 Å². The molecule has 5 heteroatoms. The van der Waals surface area contributed by atoms with E-state index < -0.39 is 12.6 Å². The van der Waals surface area contributed by atoms with Crippen LogP contribution >= 0.6 is 0 Å². The topological polar surface area (TPSA) is 62.2 Å². The highest BCUT2D eigenvalue weighted by Crippen LogP contribution is 2.35. The van der Waals surface area contributed by atoms with Crippen molar-refractivity contribution in [2.75, 3.05) is 4.90 Å². The van der Waals surface area contributed by atoms with E-state index in [0.717, 1.165) is 39.3 Å². The molecule has 0 spiro atoms. The zero-order chi connectivity index (χ0) is 30.0. The predicted octanol–water partition coefficient (Wildman–Crippen LogP) is 8.96. The van der Waals surface area contributed by atoms with Gasteiger partial charge in [-0.25, -0.2) is 0 Å². The molecule has 0 aliphatic rings. The van der Waals surface area contributed by atoms with Gasteiger partial charge in [0, 0.05) is 29.9 Å². The summed E-state index contributed by atoms with van der Waals surface area (Å²) in [6.45, 7) is 3.74. The maximum absolute atomic E-state index is 9.91. The maximum Gasteiger partial charge on any atom is 0.197 e. The lowest BCUT2D eigenvalue weighted by molar-refractivity contribution is -0.0196. The summed E-state index contributed by atoms with van der Waals surface area (Å²) in [7, 11) is 0. The minimum Gasteiger partial charge on any atom is -0.465 e. The van der Waals surface area contributed by atoms with Gasteiger partial charge in [-0.05, 0) is 89.0 Å². The Morgan fingerprint density at radius 1 is 0.558 bits per heavy atom. The Hall–Kier alpha value is -4.84. The Labute approximate surface area is 253 Å². The molecular weight excluding hydrogens is 534 g/mol. The van der Waals surface area contributed by atoms with Gasteiger partial charge in [-0.15, -0.1) is 0 Å². The highest BCUT2D eigenvalue weighted by atomic mass is 16.6. The third-order valence-corrected chi connectivity index (χ3v) is 7.06. The molecule has 5 nitrogen and oxygen atoms in total. The van der Waals surface area contributed by atoms with Gasteiger partial charge < -0.3 is 24.6 Å². The monoisotopic (exact) mass is 571 g/mol. The Balaban J connectivity index is 1.50. The van der Waals surface area contributed by atoms with Crippen molar-refractivity contribution in [3.8, 4) is 11.5 Å². The van der Waals surface area contributed by atoms with Crippen LogP contribution in [0.15, 0.2) is 133 Å². The molecule has 218 valence electrons. The van der Waals surface area contributed by atoms with Gasteiger partial charge in [-0.2, -0.15) is 0 Å². The summed E-state index contributed by atoms with van der Waals surface area (Å²) < 4.78 is 11.2. The summed E-state index contributed by atoms with van der Waals surface area (Å²) in [4.78, 5) is 2.24. The lowest BCUT2D eigenvalue weighted by Gasteiger charge is -2.25. The molecule has 0 aliphatic carbocycles. The zero-order valence-electron chi connectivity index (χ0n) is 24.5. The van der Waals surface area contributed by atoms with Crippen LogP contribution in [0, 0.1) is 0 Å². The molecule has 5 aromatic rings. The van der Waals surface area contributed by atoms with Gasteiger partial charge in [-0.3, -0.25) is 0 Å². The quantitative estimate of drug-likeness (QED) is 0.116. The number of ether oxygens (including phenoxy) is 2. The molecule has 5 aromatic carbocycles. The van der Waals surface area contributed by atoms with E-state index in [4.69, 9.17) is 9.47 Å². The third-order valence-electron chi connectivity index (χ3n) is 7.06. The molecule has 0 aromatic heterocycles. The van der Waals surface area contributed by atoms with Crippen LogP contribution < -0.4 is 14.4 Å². The summed E-state index contributed by atoms with van der Waals surface area (Å²) in [5.74, 6) is 1.22. The van der Waals surface area contributed by atoms with Crippen molar-refractivity contribution in [2.45, 2.75) is 39.3 Å². The molecule has 0 bridgehead atoms. The smallest absolute Gasteiger partial charge is 0.197 e. The summed E-state index contributed by atoms with van der Waals surface area (Å²) in [5, 5.41) is 19.8. The second-order valence-electron chi connectivity index (χ2n) is 10.2. The lowest BCUT2D eigenvalue weighted by Crippen LogP contribution is -2.13. The number of para-hydroxylation sites is 2. The van der Waals surface area contributed by atoms with Gasteiger partial charge in [-0.1, -0.05) is 86.6 Å². The largest absolute Gasteiger partial charge is 0.465 e. The van der Waals surface area contributed by atoms with Crippen LogP contribution in [0.2, 0.25) is 0 Å². The Bertz CT molecular complexity index is 1490. The van der Waals surface area contributed by atoms with Crippen LogP contribution in [0.1, 0.15) is 43.4 Å². The van der Waals surface area contributed by atoms with Crippen LogP contribution in [0.5, 0.6) is 11.5 Å². The van der Waals surface area contributed by atoms with E-state index in [1.54, 1.807) is 0 Å². The first-order valence-electron chi connectivity index (χ1n) is 14.7. The average Bonchev–Trinajstić information content (AvgIpc) is 3.06. The van der Waals surface area contributed by atoms with Crippen LogP contribution in [0.3, 0.4) is 0 Å². The maximum atomic E-state index is 9.91. The predicted molar refractivity (Wildman–Crippen MR) is 175 cm³/mol. The van der Waals surface area contributed by atoms with Gasteiger partial charge >= 0.3 is 0 Å². The lowest BCUT2D eigenvalue weighted by atomic mass is 9.95. The fourth-order valence-corrected chi connectivity index (χ4v) is 4.73. The number of aliphatic hydroxyl groups is 2. The average molecular weight is 572 g/mol. The first-order valence-corrected chi connectivity index (χ1v) is 14.7. The van der Waals surface area contributed by atoms with Gasteiger partial charge in [0.1, 0.15) is 11.5 Å². The first kappa shape index (κ1) is 29.6. The number of rotatable bonds is 12. The Kier molecular flexibility index (Phi) is 9.90. The summed E-state index contributed by atoms with van der Waals surface area (Å²) >= 11 is 0. The van der Waals surface area contributed by atoms with Gasteiger partial charge in [0.15, 0.2) is 12.6 Å². The second kappa shape index (κ2) is 14.4. The zero-order valence-corrected chi connectivity index (χ0v) is 24.5. The number of hydrogen-bond donors (Lipinski definition) is 2. The van der Waals surface area contributed by atoms with Crippen LogP contribution in [-0.2, 0) is 0 Å².